The molecule has 52 valence electrons. The largest absolute Gasteiger partial charge is 0.274 e. The van der Waals surface area contributed by atoms with Crippen LogP contribution in [0.4, 0.5) is 0 Å². The predicted molar refractivity (Wildman–Crippen MR) is 40.3 cm³/mol. The Bertz CT molecular complexity index is 132. The van der Waals surface area contributed by atoms with E-state index in [4.69, 9.17) is 0 Å². The minimum absolute atomic E-state index is 0. The topological polar surface area (TPSA) is 37.4 Å². The van der Waals surface area contributed by atoms with E-state index in [9.17, 15) is 9.59 Å². The number of carbonyl (C=O) groups is 2. The van der Waals surface area contributed by atoms with Gasteiger partial charge in [0.1, 0.15) is 0 Å². The summed E-state index contributed by atoms with van der Waals surface area (Å²) in [6, 6.07) is 0. The Morgan fingerprint density at radius 1 is 1.22 bits per heavy atom. The van der Waals surface area contributed by atoms with E-state index in [-0.39, 0.29) is 28.8 Å². The van der Waals surface area contributed by atoms with Crippen molar-refractivity contribution in [2.24, 2.45) is 0 Å². The molecule has 9 heavy (non-hydrogen) atoms. The van der Waals surface area contributed by atoms with Crippen molar-refractivity contribution in [2.45, 2.75) is 12.8 Å². The molecule has 1 saturated heterocycles. The van der Waals surface area contributed by atoms with E-state index in [2.05, 4.69) is 16.1 Å². The van der Waals surface area contributed by atoms with Gasteiger partial charge in [-0.15, -0.1) is 17.0 Å². The molecule has 2 amide bonds. The normalized spacial score (nSPS) is 18.1. The maximum Gasteiger partial charge on any atom is 0.239 e. The number of nitrogens with zero attached hydrogens (tertiary/aromatic N) is 1. The molecule has 0 N–H and O–H groups in total. The van der Waals surface area contributed by atoms with Crippen LogP contribution < -0.4 is 0 Å². The highest BCUT2D eigenvalue weighted by molar-refractivity contribution is 9.08. The molecular formula is C4H5Br2NO2. The molecule has 0 saturated carbocycles. The number of carbonyl (C=O) groups excluding carboxylic acids is 2. The molecule has 0 bridgehead atoms. The first-order chi connectivity index (χ1) is 3.72. The third kappa shape index (κ3) is 1.76. The summed E-state index contributed by atoms with van der Waals surface area (Å²) in [5, 5.41) is 0. The Morgan fingerprint density at radius 2 is 1.56 bits per heavy atom. The molecule has 1 heterocycles. The lowest BCUT2D eigenvalue weighted by atomic mass is 10.4. The van der Waals surface area contributed by atoms with E-state index in [0.717, 1.165) is 3.93 Å². The molecule has 5 heteroatoms. The second-order valence-electron chi connectivity index (χ2n) is 1.57. The van der Waals surface area contributed by atoms with Gasteiger partial charge in [-0.2, -0.15) is 0 Å². The van der Waals surface area contributed by atoms with Crippen molar-refractivity contribution >= 4 is 44.9 Å². The zero-order valence-corrected chi connectivity index (χ0v) is 7.76. The van der Waals surface area contributed by atoms with Crippen LogP contribution in [0.5, 0.6) is 0 Å². The molecule has 1 fully saturated rings. The summed E-state index contributed by atoms with van der Waals surface area (Å²) >= 11 is 2.80. The number of hydrogen-bond acceptors (Lipinski definition) is 2. The van der Waals surface area contributed by atoms with Crippen molar-refractivity contribution in [3.05, 3.63) is 0 Å². The average Bonchev–Trinajstić information content (AvgIpc) is 1.98. The molecule has 0 unspecified atom stereocenters. The standard InChI is InChI=1S/C4H4BrNO2.BrH/c5-6-3(7)1-2-4(6)8;/h1-2H2;1H. The van der Waals surface area contributed by atoms with Gasteiger partial charge in [0.25, 0.3) is 0 Å². The third-order valence-electron chi connectivity index (χ3n) is 0.991. The molecule has 1 rings (SSSR count). The third-order valence-corrected chi connectivity index (χ3v) is 1.78. The van der Waals surface area contributed by atoms with Crippen LogP contribution in [0.15, 0.2) is 0 Å². The van der Waals surface area contributed by atoms with Gasteiger partial charge in [0.2, 0.25) is 11.8 Å². The van der Waals surface area contributed by atoms with Crippen LogP contribution in [0.1, 0.15) is 12.8 Å². The zero-order chi connectivity index (χ0) is 6.15. The summed E-state index contributed by atoms with van der Waals surface area (Å²) in [6.45, 7) is 0. The lowest BCUT2D eigenvalue weighted by molar-refractivity contribution is -0.131. The van der Waals surface area contributed by atoms with Gasteiger partial charge < -0.3 is 0 Å². The first-order valence-electron chi connectivity index (χ1n) is 2.23. The Morgan fingerprint density at radius 3 is 1.67 bits per heavy atom. The van der Waals surface area contributed by atoms with Gasteiger partial charge in [-0.1, -0.05) is 0 Å². The lowest BCUT2D eigenvalue weighted by Gasteiger charge is -1.97. The van der Waals surface area contributed by atoms with E-state index < -0.39 is 0 Å². The quantitative estimate of drug-likeness (QED) is 0.481. The van der Waals surface area contributed by atoms with Crippen LogP contribution in [0.25, 0.3) is 0 Å². The lowest BCUT2D eigenvalue weighted by Crippen LogP contribution is -2.16. The monoisotopic (exact) mass is 257 g/mol. The van der Waals surface area contributed by atoms with Gasteiger partial charge in [-0.3, -0.25) is 9.59 Å². The summed E-state index contributed by atoms with van der Waals surface area (Å²) < 4.78 is 0.979. The highest BCUT2D eigenvalue weighted by Gasteiger charge is 2.26. The second-order valence-corrected chi connectivity index (χ2v) is 2.28. The SMILES string of the molecule is Br.O=C1CCC(=O)N1Br. The molecule has 0 spiro atoms. The maximum absolute atomic E-state index is 10.4. The van der Waals surface area contributed by atoms with E-state index in [1.54, 1.807) is 0 Å². The van der Waals surface area contributed by atoms with Crippen LogP contribution in [-0.4, -0.2) is 15.7 Å². The van der Waals surface area contributed by atoms with Crippen molar-refractivity contribution in [2.75, 3.05) is 0 Å². The van der Waals surface area contributed by atoms with Gasteiger partial charge in [0, 0.05) is 12.8 Å². The molecule has 1 aliphatic heterocycles. The Balaban J connectivity index is 0.000000640. The van der Waals surface area contributed by atoms with Crippen molar-refractivity contribution in [3.8, 4) is 0 Å². The first kappa shape index (κ1) is 9.10. The Hall–Kier alpha value is 0.1000. The highest BCUT2D eigenvalue weighted by atomic mass is 79.9. The van der Waals surface area contributed by atoms with E-state index in [1.165, 1.54) is 0 Å². The summed E-state index contributed by atoms with van der Waals surface area (Å²) in [5.74, 6) is -0.287. The fourth-order valence-corrected chi connectivity index (χ4v) is 0.904. The van der Waals surface area contributed by atoms with Gasteiger partial charge in [0.15, 0.2) is 0 Å². The molecular weight excluding hydrogens is 254 g/mol. The second kappa shape index (κ2) is 3.31. The van der Waals surface area contributed by atoms with Crippen LogP contribution >= 0.6 is 33.1 Å². The van der Waals surface area contributed by atoms with Crippen molar-refractivity contribution < 1.29 is 9.59 Å². The number of amides is 2. The van der Waals surface area contributed by atoms with Gasteiger partial charge in [0.05, 0.1) is 16.1 Å². The van der Waals surface area contributed by atoms with Crippen molar-refractivity contribution in [3.63, 3.8) is 0 Å². The highest BCUT2D eigenvalue weighted by Crippen LogP contribution is 2.14. The Labute approximate surface area is 71.5 Å². The maximum atomic E-state index is 10.4. The van der Waals surface area contributed by atoms with Crippen LogP contribution in [0.3, 0.4) is 0 Å². The summed E-state index contributed by atoms with van der Waals surface area (Å²) in [4.78, 5) is 20.9. The number of rotatable bonds is 0. The molecule has 0 aromatic heterocycles. The Kier molecular flexibility index (Phi) is 3.35. The van der Waals surface area contributed by atoms with Gasteiger partial charge in [-0.25, -0.2) is 3.93 Å². The molecule has 0 radical (unpaired) electrons. The average molecular weight is 259 g/mol. The van der Waals surface area contributed by atoms with Gasteiger partial charge >= 0.3 is 0 Å². The summed E-state index contributed by atoms with van der Waals surface area (Å²) in [6.07, 6.45) is 0.703. The molecule has 3 nitrogen and oxygen atoms in total. The predicted octanol–water partition coefficient (Wildman–Crippen LogP) is 1.02. The zero-order valence-electron chi connectivity index (χ0n) is 4.46. The summed E-state index contributed by atoms with van der Waals surface area (Å²) in [7, 11) is 0. The minimum atomic E-state index is -0.144. The van der Waals surface area contributed by atoms with Crippen LogP contribution in [0.2, 0.25) is 0 Å². The molecule has 0 aliphatic carbocycles. The number of halogens is 2. The van der Waals surface area contributed by atoms with E-state index in [0.29, 0.717) is 12.8 Å². The first-order valence-corrected chi connectivity index (χ1v) is 2.94. The fraction of sp³-hybridized carbons (Fsp3) is 0.500. The van der Waals surface area contributed by atoms with Crippen molar-refractivity contribution in [1.82, 2.24) is 3.93 Å². The van der Waals surface area contributed by atoms with Gasteiger partial charge in [-0.05, 0) is 0 Å². The minimum Gasteiger partial charge on any atom is -0.274 e. The smallest absolute Gasteiger partial charge is 0.239 e. The number of imide groups is 1. The molecule has 0 atom stereocenters. The number of hydrogen-bond donors (Lipinski definition) is 0. The van der Waals surface area contributed by atoms with Crippen LogP contribution in [0, 0.1) is 0 Å². The molecule has 0 aromatic carbocycles. The summed E-state index contributed by atoms with van der Waals surface area (Å²) in [5.41, 5.74) is 0. The molecule has 0 aromatic rings. The van der Waals surface area contributed by atoms with E-state index >= 15 is 0 Å². The van der Waals surface area contributed by atoms with Crippen molar-refractivity contribution in [1.29, 1.82) is 0 Å². The van der Waals surface area contributed by atoms with E-state index in [1.807, 2.05) is 0 Å². The molecule has 1 aliphatic rings. The van der Waals surface area contributed by atoms with Crippen LogP contribution in [-0.2, 0) is 9.59 Å². The fourth-order valence-electron chi connectivity index (χ4n) is 0.549.